The third-order valence-electron chi connectivity index (χ3n) is 4.60. The molecule has 1 aromatic heterocycles. The summed E-state index contributed by atoms with van der Waals surface area (Å²) in [7, 11) is 0. The fraction of sp³-hybridized carbons (Fsp3) is 0.786. The summed E-state index contributed by atoms with van der Waals surface area (Å²) in [5, 5.41) is 2.09. The number of hydrogen-bond donors (Lipinski definition) is 1. The zero-order valence-corrected chi connectivity index (χ0v) is 11.6. The van der Waals surface area contributed by atoms with Gasteiger partial charge >= 0.3 is 0 Å². The number of nitrogens with two attached hydrogens (primary N) is 1. The number of rotatable bonds is 2. The van der Waals surface area contributed by atoms with E-state index < -0.39 is 0 Å². The molecule has 2 aliphatic rings. The predicted octanol–water partition coefficient (Wildman–Crippen LogP) is 3.27. The molecule has 1 spiro atoms. The molecule has 0 radical (unpaired) electrons. The molecule has 1 saturated carbocycles. The molecule has 2 unspecified atom stereocenters. The molecule has 2 heterocycles. The van der Waals surface area contributed by atoms with Gasteiger partial charge in [-0.3, -0.25) is 0 Å². The van der Waals surface area contributed by atoms with E-state index in [-0.39, 0.29) is 11.6 Å². The van der Waals surface area contributed by atoms with Crippen molar-refractivity contribution in [2.75, 3.05) is 6.61 Å². The largest absolute Gasteiger partial charge is 0.375 e. The lowest BCUT2D eigenvalue weighted by Crippen LogP contribution is -2.44. The molecule has 0 amide bonds. The lowest BCUT2D eigenvalue weighted by molar-refractivity contribution is -0.120. The van der Waals surface area contributed by atoms with E-state index in [1.54, 1.807) is 11.3 Å². The van der Waals surface area contributed by atoms with E-state index in [1.165, 1.54) is 32.1 Å². The molecule has 3 rings (SSSR count). The van der Waals surface area contributed by atoms with E-state index in [9.17, 15) is 0 Å². The maximum atomic E-state index is 6.39. The van der Waals surface area contributed by atoms with Crippen molar-refractivity contribution in [3.8, 4) is 0 Å². The summed E-state index contributed by atoms with van der Waals surface area (Å²) in [6, 6.07) is 0.0963. The summed E-state index contributed by atoms with van der Waals surface area (Å²) in [5.74, 6) is 0.541. The average molecular weight is 266 g/mol. The molecule has 2 fully saturated rings. The topological polar surface area (TPSA) is 48.1 Å². The summed E-state index contributed by atoms with van der Waals surface area (Å²) >= 11 is 1.64. The molecule has 1 aliphatic heterocycles. The fourth-order valence-corrected chi connectivity index (χ4v) is 4.15. The average Bonchev–Trinajstić information content (AvgIpc) is 2.93. The van der Waals surface area contributed by atoms with E-state index in [0.717, 1.165) is 25.1 Å². The Bertz CT molecular complexity index is 368. The highest BCUT2D eigenvalue weighted by Gasteiger charge is 2.40. The van der Waals surface area contributed by atoms with Crippen molar-refractivity contribution >= 4 is 11.3 Å². The second-order valence-corrected chi connectivity index (χ2v) is 6.50. The van der Waals surface area contributed by atoms with E-state index in [4.69, 9.17) is 10.5 Å². The quantitative estimate of drug-likeness (QED) is 0.893. The Hall–Kier alpha value is -0.450. The second-order valence-electron chi connectivity index (χ2n) is 5.78. The molecular weight excluding hydrogens is 244 g/mol. The van der Waals surface area contributed by atoms with Gasteiger partial charge in [-0.25, -0.2) is 4.98 Å². The Morgan fingerprint density at radius 2 is 2.22 bits per heavy atom. The van der Waals surface area contributed by atoms with Gasteiger partial charge in [0.2, 0.25) is 0 Å². The summed E-state index contributed by atoms with van der Waals surface area (Å²) in [6.07, 6.45) is 8.68. The fourth-order valence-electron chi connectivity index (χ4n) is 3.54. The maximum absolute atomic E-state index is 6.39. The van der Waals surface area contributed by atoms with Gasteiger partial charge < -0.3 is 10.5 Å². The Morgan fingerprint density at radius 3 is 2.94 bits per heavy atom. The van der Waals surface area contributed by atoms with Crippen molar-refractivity contribution in [3.63, 3.8) is 0 Å². The van der Waals surface area contributed by atoms with Gasteiger partial charge in [0.15, 0.2) is 0 Å². The SMILES string of the molecule is NC(c1cscn1)C1CCOC2(CCCCC2)C1. The number of nitrogens with zero attached hydrogens (tertiary/aromatic N) is 1. The van der Waals surface area contributed by atoms with Gasteiger partial charge in [0.05, 0.1) is 22.8 Å². The van der Waals surface area contributed by atoms with E-state index in [2.05, 4.69) is 10.4 Å². The van der Waals surface area contributed by atoms with Crippen molar-refractivity contribution in [2.45, 2.75) is 56.6 Å². The van der Waals surface area contributed by atoms with Crippen LogP contribution in [0, 0.1) is 5.92 Å². The van der Waals surface area contributed by atoms with Gasteiger partial charge in [-0.05, 0) is 31.6 Å². The molecule has 2 N–H and O–H groups in total. The van der Waals surface area contributed by atoms with Crippen molar-refractivity contribution < 1.29 is 4.74 Å². The van der Waals surface area contributed by atoms with Gasteiger partial charge in [-0.1, -0.05) is 19.3 Å². The molecule has 1 saturated heterocycles. The summed E-state index contributed by atoms with van der Waals surface area (Å²) in [6.45, 7) is 0.877. The van der Waals surface area contributed by atoms with Crippen molar-refractivity contribution in [2.24, 2.45) is 11.7 Å². The second kappa shape index (κ2) is 5.27. The third-order valence-corrected chi connectivity index (χ3v) is 5.20. The Labute approximate surface area is 113 Å². The minimum Gasteiger partial charge on any atom is -0.375 e. The number of hydrogen-bond acceptors (Lipinski definition) is 4. The number of aromatic nitrogens is 1. The van der Waals surface area contributed by atoms with Crippen LogP contribution in [0.3, 0.4) is 0 Å². The Kier molecular flexibility index (Phi) is 3.68. The van der Waals surface area contributed by atoms with Crippen LogP contribution >= 0.6 is 11.3 Å². The first-order valence-electron chi connectivity index (χ1n) is 7.07. The third kappa shape index (κ3) is 2.46. The molecule has 2 atom stereocenters. The van der Waals surface area contributed by atoms with Crippen LogP contribution in [0.2, 0.25) is 0 Å². The smallest absolute Gasteiger partial charge is 0.0795 e. The molecule has 0 bridgehead atoms. The number of ether oxygens (including phenoxy) is 1. The lowest BCUT2D eigenvalue weighted by Gasteiger charge is -2.44. The van der Waals surface area contributed by atoms with Gasteiger partial charge in [0.1, 0.15) is 0 Å². The molecule has 100 valence electrons. The highest BCUT2D eigenvalue weighted by molar-refractivity contribution is 7.07. The number of thiazole rings is 1. The molecule has 1 aromatic rings. The highest BCUT2D eigenvalue weighted by Crippen LogP contribution is 2.43. The zero-order chi connectivity index (χ0) is 12.4. The normalized spacial score (nSPS) is 29.3. The van der Waals surface area contributed by atoms with E-state index in [1.807, 2.05) is 5.51 Å². The van der Waals surface area contributed by atoms with Crippen LogP contribution in [0.5, 0.6) is 0 Å². The monoisotopic (exact) mass is 266 g/mol. The summed E-state index contributed by atoms with van der Waals surface area (Å²) in [4.78, 5) is 4.38. The van der Waals surface area contributed by atoms with Crippen molar-refractivity contribution in [1.29, 1.82) is 0 Å². The van der Waals surface area contributed by atoms with Gasteiger partial charge in [-0.2, -0.15) is 0 Å². The van der Waals surface area contributed by atoms with Gasteiger partial charge in [-0.15, -0.1) is 11.3 Å². The van der Waals surface area contributed by atoms with Gasteiger partial charge in [0, 0.05) is 12.0 Å². The van der Waals surface area contributed by atoms with Crippen LogP contribution in [0.15, 0.2) is 10.9 Å². The van der Waals surface area contributed by atoms with Crippen LogP contribution in [0.1, 0.15) is 56.7 Å². The van der Waals surface area contributed by atoms with E-state index >= 15 is 0 Å². The highest BCUT2D eigenvalue weighted by atomic mass is 32.1. The molecule has 1 aliphatic carbocycles. The molecular formula is C14H22N2OS. The van der Waals surface area contributed by atoms with Crippen LogP contribution < -0.4 is 5.73 Å². The first-order valence-corrected chi connectivity index (χ1v) is 8.01. The summed E-state index contributed by atoms with van der Waals surface area (Å²) in [5.41, 5.74) is 9.49. The minimum absolute atomic E-state index is 0.0963. The minimum atomic E-state index is 0.0963. The zero-order valence-electron chi connectivity index (χ0n) is 10.8. The van der Waals surface area contributed by atoms with Crippen LogP contribution in [-0.2, 0) is 4.74 Å². The van der Waals surface area contributed by atoms with Crippen LogP contribution in [-0.4, -0.2) is 17.2 Å². The molecule has 0 aromatic carbocycles. The molecule has 4 heteroatoms. The molecule has 3 nitrogen and oxygen atoms in total. The summed E-state index contributed by atoms with van der Waals surface area (Å²) < 4.78 is 6.13. The molecule has 18 heavy (non-hydrogen) atoms. The maximum Gasteiger partial charge on any atom is 0.0795 e. The van der Waals surface area contributed by atoms with Crippen molar-refractivity contribution in [1.82, 2.24) is 4.98 Å². The van der Waals surface area contributed by atoms with Gasteiger partial charge in [0.25, 0.3) is 0 Å². The lowest BCUT2D eigenvalue weighted by atomic mass is 9.74. The van der Waals surface area contributed by atoms with Crippen molar-refractivity contribution in [3.05, 3.63) is 16.6 Å². The Morgan fingerprint density at radius 1 is 1.39 bits per heavy atom. The van der Waals surface area contributed by atoms with Crippen LogP contribution in [0.25, 0.3) is 0 Å². The first-order chi connectivity index (χ1) is 8.79. The van der Waals surface area contributed by atoms with Crippen LogP contribution in [0.4, 0.5) is 0 Å². The standard InChI is InChI=1S/C14H22N2OS/c15-13(12-9-18-10-16-12)11-4-7-17-14(8-11)5-2-1-3-6-14/h9-11,13H,1-8,15H2. The Balaban J connectivity index is 1.70. The predicted molar refractivity (Wildman–Crippen MR) is 73.5 cm³/mol. The van der Waals surface area contributed by atoms with E-state index in [0.29, 0.717) is 5.92 Å². The first kappa shape index (κ1) is 12.6.